The van der Waals surface area contributed by atoms with Crippen LogP contribution in [-0.4, -0.2) is 43.9 Å². The zero-order chi connectivity index (χ0) is 11.5. The normalized spacial score (nSPS) is 25.9. The highest BCUT2D eigenvalue weighted by Gasteiger charge is 2.31. The van der Waals surface area contributed by atoms with Crippen LogP contribution in [0.1, 0.15) is 11.5 Å². The van der Waals surface area contributed by atoms with Crippen molar-refractivity contribution in [3.63, 3.8) is 0 Å². The van der Waals surface area contributed by atoms with Gasteiger partial charge in [-0.05, 0) is 24.7 Å². The lowest BCUT2D eigenvalue weighted by molar-refractivity contribution is 0.219. The fourth-order valence-corrected chi connectivity index (χ4v) is 2.52. The molecule has 1 heterocycles. The molecule has 0 aliphatic carbocycles. The third kappa shape index (κ3) is 2.20. The van der Waals surface area contributed by atoms with Crippen LogP contribution in [-0.2, 0) is 0 Å². The Kier molecular flexibility index (Phi) is 3.46. The number of aliphatic hydroxyl groups excluding tert-OH is 1. The molecule has 0 bridgehead atoms. The highest BCUT2D eigenvalue weighted by Crippen LogP contribution is 2.32. The van der Waals surface area contributed by atoms with Crippen molar-refractivity contribution in [2.45, 2.75) is 5.92 Å². The van der Waals surface area contributed by atoms with E-state index in [0.29, 0.717) is 11.8 Å². The van der Waals surface area contributed by atoms with Crippen molar-refractivity contribution >= 4 is 0 Å². The molecule has 3 heteroatoms. The lowest BCUT2D eigenvalue weighted by atomic mass is 9.89. The predicted octanol–water partition coefficient (Wildman–Crippen LogP) is 1.33. The Bertz CT molecular complexity index is 354. The van der Waals surface area contributed by atoms with Crippen LogP contribution in [0.4, 0.5) is 0 Å². The lowest BCUT2D eigenvalue weighted by Gasteiger charge is -2.17. The largest absolute Gasteiger partial charge is 0.497 e. The molecule has 16 heavy (non-hydrogen) atoms. The van der Waals surface area contributed by atoms with Crippen LogP contribution in [0.2, 0.25) is 0 Å². The van der Waals surface area contributed by atoms with Gasteiger partial charge < -0.3 is 14.7 Å². The first-order valence-electron chi connectivity index (χ1n) is 5.68. The van der Waals surface area contributed by atoms with E-state index in [-0.39, 0.29) is 6.61 Å². The number of hydrogen-bond acceptors (Lipinski definition) is 3. The van der Waals surface area contributed by atoms with Crippen molar-refractivity contribution in [1.29, 1.82) is 0 Å². The van der Waals surface area contributed by atoms with Crippen LogP contribution in [0.15, 0.2) is 24.3 Å². The van der Waals surface area contributed by atoms with Gasteiger partial charge in [-0.15, -0.1) is 0 Å². The number of nitrogens with zero attached hydrogens (tertiary/aromatic N) is 1. The number of methoxy groups -OCH3 is 1. The molecule has 1 aliphatic rings. The van der Waals surface area contributed by atoms with Gasteiger partial charge in [0.25, 0.3) is 0 Å². The molecule has 1 N–H and O–H groups in total. The van der Waals surface area contributed by atoms with Gasteiger partial charge in [0.05, 0.1) is 7.11 Å². The summed E-state index contributed by atoms with van der Waals surface area (Å²) in [5, 5.41) is 9.38. The summed E-state index contributed by atoms with van der Waals surface area (Å²) in [5.41, 5.74) is 1.27. The van der Waals surface area contributed by atoms with Crippen LogP contribution in [0.25, 0.3) is 0 Å². The number of likely N-dealkylation sites (N-methyl/N-ethyl adjacent to an activating group) is 1. The SMILES string of the molecule is COc1cccc([C@@H]2CN(C)C[C@@H]2CO)c1. The maximum atomic E-state index is 9.38. The summed E-state index contributed by atoms with van der Waals surface area (Å²) in [4.78, 5) is 2.27. The van der Waals surface area contributed by atoms with Gasteiger partial charge in [0.15, 0.2) is 0 Å². The Morgan fingerprint density at radius 1 is 1.44 bits per heavy atom. The molecule has 1 fully saturated rings. The van der Waals surface area contributed by atoms with Crippen molar-refractivity contribution in [2.24, 2.45) is 5.92 Å². The number of hydrogen-bond donors (Lipinski definition) is 1. The Hall–Kier alpha value is -1.06. The molecule has 88 valence electrons. The molecular formula is C13H19NO2. The number of ether oxygens (including phenoxy) is 1. The van der Waals surface area contributed by atoms with Gasteiger partial charge in [-0.25, -0.2) is 0 Å². The number of likely N-dealkylation sites (tertiary alicyclic amines) is 1. The molecule has 0 spiro atoms. The van der Waals surface area contributed by atoms with E-state index < -0.39 is 0 Å². The van der Waals surface area contributed by atoms with Crippen molar-refractivity contribution in [2.75, 3.05) is 33.9 Å². The van der Waals surface area contributed by atoms with Crippen molar-refractivity contribution < 1.29 is 9.84 Å². The number of aliphatic hydroxyl groups is 1. The van der Waals surface area contributed by atoms with Gasteiger partial charge in [-0.2, -0.15) is 0 Å². The minimum absolute atomic E-state index is 0.256. The lowest BCUT2D eigenvalue weighted by Crippen LogP contribution is -2.15. The van der Waals surface area contributed by atoms with Crippen molar-refractivity contribution in [1.82, 2.24) is 4.90 Å². The van der Waals surface area contributed by atoms with E-state index in [9.17, 15) is 5.11 Å². The topological polar surface area (TPSA) is 32.7 Å². The van der Waals surface area contributed by atoms with Crippen LogP contribution >= 0.6 is 0 Å². The summed E-state index contributed by atoms with van der Waals surface area (Å²) in [6.45, 7) is 2.24. The van der Waals surface area contributed by atoms with E-state index >= 15 is 0 Å². The van der Waals surface area contributed by atoms with Gasteiger partial charge in [0.1, 0.15) is 5.75 Å². The number of rotatable bonds is 3. The second-order valence-electron chi connectivity index (χ2n) is 4.55. The molecular weight excluding hydrogens is 202 g/mol. The summed E-state index contributed by atoms with van der Waals surface area (Å²) in [7, 11) is 3.78. The van der Waals surface area contributed by atoms with Crippen LogP contribution < -0.4 is 4.74 Å². The van der Waals surface area contributed by atoms with Crippen LogP contribution in [0.5, 0.6) is 5.75 Å². The first-order chi connectivity index (χ1) is 7.74. The molecule has 2 rings (SSSR count). The second-order valence-corrected chi connectivity index (χ2v) is 4.55. The summed E-state index contributed by atoms with van der Waals surface area (Å²) < 4.78 is 5.23. The Morgan fingerprint density at radius 3 is 2.94 bits per heavy atom. The first kappa shape index (κ1) is 11.4. The monoisotopic (exact) mass is 221 g/mol. The van der Waals surface area contributed by atoms with Crippen LogP contribution in [0, 0.1) is 5.92 Å². The summed E-state index contributed by atoms with van der Waals surface area (Å²) >= 11 is 0. The third-order valence-corrected chi connectivity index (χ3v) is 3.38. The van der Waals surface area contributed by atoms with Crippen LogP contribution in [0.3, 0.4) is 0 Å². The minimum atomic E-state index is 0.256. The molecule has 1 aliphatic heterocycles. The maximum absolute atomic E-state index is 9.38. The Labute approximate surface area is 96.6 Å². The highest BCUT2D eigenvalue weighted by atomic mass is 16.5. The van der Waals surface area contributed by atoms with E-state index in [1.807, 2.05) is 12.1 Å². The predicted molar refractivity (Wildman–Crippen MR) is 63.8 cm³/mol. The molecule has 1 aromatic rings. The zero-order valence-electron chi connectivity index (χ0n) is 9.89. The second kappa shape index (κ2) is 4.85. The Morgan fingerprint density at radius 2 is 2.25 bits per heavy atom. The summed E-state index contributed by atoms with van der Waals surface area (Å²) in [6.07, 6.45) is 0. The Balaban J connectivity index is 2.22. The fourth-order valence-electron chi connectivity index (χ4n) is 2.52. The zero-order valence-corrected chi connectivity index (χ0v) is 9.89. The summed E-state index contributed by atoms with van der Waals surface area (Å²) in [6, 6.07) is 8.17. The maximum Gasteiger partial charge on any atom is 0.119 e. The molecule has 0 unspecified atom stereocenters. The molecule has 0 saturated carbocycles. The highest BCUT2D eigenvalue weighted by molar-refractivity contribution is 5.32. The smallest absolute Gasteiger partial charge is 0.119 e. The first-order valence-corrected chi connectivity index (χ1v) is 5.68. The molecule has 0 aromatic heterocycles. The quantitative estimate of drug-likeness (QED) is 0.836. The fraction of sp³-hybridized carbons (Fsp3) is 0.538. The summed E-state index contributed by atoms with van der Waals surface area (Å²) in [5.74, 6) is 1.66. The van der Waals surface area contributed by atoms with E-state index in [1.165, 1.54) is 5.56 Å². The van der Waals surface area contributed by atoms with Crippen molar-refractivity contribution in [3.8, 4) is 5.75 Å². The molecule has 1 aromatic carbocycles. The van der Waals surface area contributed by atoms with E-state index in [4.69, 9.17) is 4.74 Å². The molecule has 0 amide bonds. The average molecular weight is 221 g/mol. The number of benzene rings is 1. The van der Waals surface area contributed by atoms with Gasteiger partial charge in [0, 0.05) is 31.5 Å². The third-order valence-electron chi connectivity index (χ3n) is 3.38. The van der Waals surface area contributed by atoms with E-state index in [2.05, 4.69) is 24.1 Å². The van der Waals surface area contributed by atoms with E-state index in [0.717, 1.165) is 18.8 Å². The van der Waals surface area contributed by atoms with Gasteiger partial charge >= 0.3 is 0 Å². The standard InChI is InChI=1S/C13H19NO2/c1-14-7-11(9-15)13(8-14)10-4-3-5-12(6-10)16-2/h3-6,11,13,15H,7-9H2,1-2H3/t11-,13+/m1/s1. The molecule has 1 saturated heterocycles. The van der Waals surface area contributed by atoms with Gasteiger partial charge in [0.2, 0.25) is 0 Å². The molecule has 2 atom stereocenters. The minimum Gasteiger partial charge on any atom is -0.497 e. The molecule has 3 nitrogen and oxygen atoms in total. The van der Waals surface area contributed by atoms with Crippen molar-refractivity contribution in [3.05, 3.63) is 29.8 Å². The van der Waals surface area contributed by atoms with E-state index in [1.54, 1.807) is 7.11 Å². The molecule has 0 radical (unpaired) electrons. The van der Waals surface area contributed by atoms with Gasteiger partial charge in [-0.3, -0.25) is 0 Å². The average Bonchev–Trinajstić information content (AvgIpc) is 2.70. The van der Waals surface area contributed by atoms with Gasteiger partial charge in [-0.1, -0.05) is 12.1 Å².